The number of hydrogen-bond acceptors (Lipinski definition) is 3. The molecule has 0 radical (unpaired) electrons. The van der Waals surface area contributed by atoms with Crippen molar-refractivity contribution in [1.29, 1.82) is 0 Å². The SMILES string of the molecule is CNCc1cc(S(=O)(=O)Nc2cc(Br)ccc2C)c[nH]1. The van der Waals surface area contributed by atoms with Crippen molar-refractivity contribution in [2.75, 3.05) is 11.8 Å². The van der Waals surface area contributed by atoms with Gasteiger partial charge >= 0.3 is 0 Å². The van der Waals surface area contributed by atoms with Gasteiger partial charge in [0.2, 0.25) is 0 Å². The van der Waals surface area contributed by atoms with Gasteiger partial charge in [-0.05, 0) is 37.7 Å². The van der Waals surface area contributed by atoms with Crippen LogP contribution in [0.25, 0.3) is 0 Å². The first-order valence-electron chi connectivity index (χ1n) is 6.03. The fourth-order valence-electron chi connectivity index (χ4n) is 1.77. The topological polar surface area (TPSA) is 74.0 Å². The van der Waals surface area contributed by atoms with Crippen LogP contribution in [0.3, 0.4) is 0 Å². The summed E-state index contributed by atoms with van der Waals surface area (Å²) in [7, 11) is -1.78. The first-order chi connectivity index (χ1) is 9.42. The third-order valence-corrected chi connectivity index (χ3v) is 4.68. The Morgan fingerprint density at radius 1 is 1.30 bits per heavy atom. The van der Waals surface area contributed by atoms with Gasteiger partial charge in [0.1, 0.15) is 4.90 Å². The lowest BCUT2D eigenvalue weighted by Gasteiger charge is -2.09. The summed E-state index contributed by atoms with van der Waals surface area (Å²) in [4.78, 5) is 3.16. The maximum atomic E-state index is 12.3. The summed E-state index contributed by atoms with van der Waals surface area (Å²) >= 11 is 3.34. The number of hydrogen-bond donors (Lipinski definition) is 3. The number of sulfonamides is 1. The van der Waals surface area contributed by atoms with Gasteiger partial charge in [0.05, 0.1) is 5.69 Å². The van der Waals surface area contributed by atoms with Crippen molar-refractivity contribution in [1.82, 2.24) is 10.3 Å². The van der Waals surface area contributed by atoms with Gasteiger partial charge in [0.25, 0.3) is 10.0 Å². The number of rotatable bonds is 5. The Morgan fingerprint density at radius 3 is 2.75 bits per heavy atom. The first kappa shape index (κ1) is 15.1. The molecular formula is C13H16BrN3O2S. The molecule has 1 aromatic heterocycles. The van der Waals surface area contributed by atoms with Crippen LogP contribution in [0.1, 0.15) is 11.3 Å². The minimum atomic E-state index is -3.58. The average Bonchev–Trinajstić information content (AvgIpc) is 2.83. The quantitative estimate of drug-likeness (QED) is 0.769. The number of aryl methyl sites for hydroxylation is 1. The standard InChI is InChI=1S/C13H16BrN3O2S/c1-9-3-4-10(14)5-13(9)17-20(18,19)12-6-11(7-15-2)16-8-12/h3-6,8,15-17H,7H2,1-2H3. The third kappa shape index (κ3) is 3.41. The van der Waals surface area contributed by atoms with E-state index in [1.807, 2.05) is 19.1 Å². The molecular weight excluding hydrogens is 342 g/mol. The molecule has 0 fully saturated rings. The van der Waals surface area contributed by atoms with Gasteiger partial charge in [0.15, 0.2) is 0 Å². The molecule has 0 atom stereocenters. The van der Waals surface area contributed by atoms with Gasteiger partial charge in [-0.15, -0.1) is 0 Å². The van der Waals surface area contributed by atoms with Crippen LogP contribution in [-0.2, 0) is 16.6 Å². The molecule has 0 aliphatic rings. The second-order valence-corrected chi connectivity index (χ2v) is 7.05. The van der Waals surface area contributed by atoms with E-state index in [0.717, 1.165) is 15.7 Å². The average molecular weight is 358 g/mol. The highest BCUT2D eigenvalue weighted by molar-refractivity contribution is 9.10. The Morgan fingerprint density at radius 2 is 2.05 bits per heavy atom. The van der Waals surface area contributed by atoms with Crippen LogP contribution in [0.5, 0.6) is 0 Å². The summed E-state index contributed by atoms with van der Waals surface area (Å²) < 4.78 is 28.1. The Hall–Kier alpha value is -1.31. The van der Waals surface area contributed by atoms with E-state index in [1.54, 1.807) is 19.2 Å². The zero-order valence-electron chi connectivity index (χ0n) is 11.2. The van der Waals surface area contributed by atoms with Crippen LogP contribution < -0.4 is 10.0 Å². The van der Waals surface area contributed by atoms with Crippen molar-refractivity contribution >= 4 is 31.6 Å². The molecule has 0 amide bonds. The van der Waals surface area contributed by atoms with Crippen LogP contribution in [0.2, 0.25) is 0 Å². The molecule has 0 spiro atoms. The molecule has 2 rings (SSSR count). The monoisotopic (exact) mass is 357 g/mol. The van der Waals surface area contributed by atoms with E-state index < -0.39 is 10.0 Å². The first-order valence-corrected chi connectivity index (χ1v) is 8.31. The zero-order valence-corrected chi connectivity index (χ0v) is 13.6. The fourth-order valence-corrected chi connectivity index (χ4v) is 3.27. The van der Waals surface area contributed by atoms with Gasteiger partial charge < -0.3 is 10.3 Å². The van der Waals surface area contributed by atoms with E-state index in [0.29, 0.717) is 12.2 Å². The molecule has 1 heterocycles. The molecule has 5 nitrogen and oxygen atoms in total. The Kier molecular flexibility index (Phi) is 4.52. The highest BCUT2D eigenvalue weighted by Gasteiger charge is 2.17. The molecule has 0 aliphatic heterocycles. The minimum absolute atomic E-state index is 0.224. The predicted molar refractivity (Wildman–Crippen MR) is 83.2 cm³/mol. The van der Waals surface area contributed by atoms with Crippen LogP contribution in [0, 0.1) is 6.92 Å². The minimum Gasteiger partial charge on any atom is -0.363 e. The van der Waals surface area contributed by atoms with Gasteiger partial charge in [-0.3, -0.25) is 4.72 Å². The number of halogens is 1. The van der Waals surface area contributed by atoms with E-state index >= 15 is 0 Å². The van der Waals surface area contributed by atoms with E-state index in [1.165, 1.54) is 6.20 Å². The van der Waals surface area contributed by atoms with Crippen LogP contribution in [-0.4, -0.2) is 20.4 Å². The van der Waals surface area contributed by atoms with Gasteiger partial charge in [0, 0.05) is 22.9 Å². The van der Waals surface area contributed by atoms with Gasteiger partial charge in [-0.2, -0.15) is 0 Å². The zero-order chi connectivity index (χ0) is 14.8. The molecule has 20 heavy (non-hydrogen) atoms. The van der Waals surface area contributed by atoms with Crippen molar-refractivity contribution in [3.8, 4) is 0 Å². The summed E-state index contributed by atoms with van der Waals surface area (Å²) in [6.07, 6.45) is 1.49. The van der Waals surface area contributed by atoms with Crippen molar-refractivity contribution in [3.63, 3.8) is 0 Å². The summed E-state index contributed by atoms with van der Waals surface area (Å²) in [5, 5.41) is 2.96. The number of aromatic amines is 1. The maximum Gasteiger partial charge on any atom is 0.263 e. The molecule has 0 unspecified atom stereocenters. The number of anilines is 1. The lowest BCUT2D eigenvalue weighted by Crippen LogP contribution is -2.13. The molecule has 2 aromatic rings. The maximum absolute atomic E-state index is 12.3. The van der Waals surface area contributed by atoms with Crippen molar-refractivity contribution < 1.29 is 8.42 Å². The van der Waals surface area contributed by atoms with Crippen molar-refractivity contribution in [2.24, 2.45) is 0 Å². The molecule has 0 saturated carbocycles. The van der Waals surface area contributed by atoms with E-state index in [9.17, 15) is 8.42 Å². The number of aromatic nitrogens is 1. The fraction of sp³-hybridized carbons (Fsp3) is 0.231. The normalized spacial score (nSPS) is 11.6. The second-order valence-electron chi connectivity index (χ2n) is 4.46. The molecule has 1 aromatic carbocycles. The van der Waals surface area contributed by atoms with E-state index in [4.69, 9.17) is 0 Å². The number of benzene rings is 1. The summed E-state index contributed by atoms with van der Waals surface area (Å²) in [6.45, 7) is 2.44. The molecule has 0 aliphatic carbocycles. The van der Waals surface area contributed by atoms with Crippen LogP contribution in [0.4, 0.5) is 5.69 Å². The Balaban J connectivity index is 2.28. The molecule has 3 N–H and O–H groups in total. The van der Waals surface area contributed by atoms with E-state index in [2.05, 4.69) is 31.0 Å². The van der Waals surface area contributed by atoms with Crippen molar-refractivity contribution in [3.05, 3.63) is 46.2 Å². The summed E-state index contributed by atoms with van der Waals surface area (Å²) in [6, 6.07) is 7.08. The molecule has 0 bridgehead atoms. The largest absolute Gasteiger partial charge is 0.363 e. The third-order valence-electron chi connectivity index (χ3n) is 2.84. The molecule has 108 valence electrons. The van der Waals surface area contributed by atoms with E-state index in [-0.39, 0.29) is 4.90 Å². The highest BCUT2D eigenvalue weighted by Crippen LogP contribution is 2.24. The Labute approximate surface area is 127 Å². The molecule has 0 saturated heterocycles. The van der Waals surface area contributed by atoms with Gasteiger partial charge in [-0.25, -0.2) is 8.42 Å². The predicted octanol–water partition coefficient (Wildman–Crippen LogP) is 2.61. The number of H-pyrrole nitrogens is 1. The number of nitrogens with one attached hydrogen (secondary N) is 3. The second kappa shape index (κ2) is 5.99. The summed E-state index contributed by atoms with van der Waals surface area (Å²) in [5.74, 6) is 0. The summed E-state index contributed by atoms with van der Waals surface area (Å²) in [5.41, 5.74) is 2.25. The smallest absolute Gasteiger partial charge is 0.263 e. The molecule has 7 heteroatoms. The lowest BCUT2D eigenvalue weighted by atomic mass is 10.2. The lowest BCUT2D eigenvalue weighted by molar-refractivity contribution is 0.601. The Bertz CT molecular complexity index is 710. The van der Waals surface area contributed by atoms with Crippen LogP contribution >= 0.6 is 15.9 Å². The van der Waals surface area contributed by atoms with Crippen LogP contribution in [0.15, 0.2) is 39.8 Å². The van der Waals surface area contributed by atoms with Crippen molar-refractivity contribution in [2.45, 2.75) is 18.4 Å². The highest BCUT2D eigenvalue weighted by atomic mass is 79.9. The van der Waals surface area contributed by atoms with Gasteiger partial charge in [-0.1, -0.05) is 22.0 Å².